The van der Waals surface area contributed by atoms with Crippen molar-refractivity contribution >= 4 is 11.7 Å². The Bertz CT molecular complexity index is 248. The average molecular weight is 197 g/mol. The van der Waals surface area contributed by atoms with E-state index in [0.717, 1.165) is 13.0 Å². The Morgan fingerprint density at radius 2 is 1.93 bits per heavy atom. The second-order valence-electron chi connectivity index (χ2n) is 4.48. The molecule has 1 fully saturated rings. The number of nitrogens with zero attached hydrogens (tertiary/aromatic N) is 1. The molecule has 1 heterocycles. The third-order valence-electron chi connectivity index (χ3n) is 2.97. The first kappa shape index (κ1) is 11.2. The molecule has 0 aliphatic carbocycles. The fourth-order valence-electron chi connectivity index (χ4n) is 2.08. The van der Waals surface area contributed by atoms with E-state index in [1.165, 1.54) is 0 Å². The summed E-state index contributed by atoms with van der Waals surface area (Å²) < 4.78 is 0. The Hall–Kier alpha value is -0.860. The van der Waals surface area contributed by atoms with Gasteiger partial charge in [0, 0.05) is 19.4 Å². The minimum Gasteiger partial charge on any atom is -0.333 e. The summed E-state index contributed by atoms with van der Waals surface area (Å²) in [6.45, 7) is 8.11. The Morgan fingerprint density at radius 1 is 1.36 bits per heavy atom. The lowest BCUT2D eigenvalue weighted by molar-refractivity contribution is -0.138. The predicted octanol–water partition coefficient (Wildman–Crippen LogP) is 1.47. The van der Waals surface area contributed by atoms with Gasteiger partial charge in [-0.2, -0.15) is 0 Å². The van der Waals surface area contributed by atoms with Gasteiger partial charge in [-0.1, -0.05) is 20.8 Å². The first-order chi connectivity index (χ1) is 6.45. The van der Waals surface area contributed by atoms with Crippen LogP contribution in [0.25, 0.3) is 0 Å². The fraction of sp³-hybridized carbons (Fsp3) is 0.818. The number of ketones is 1. The van der Waals surface area contributed by atoms with Gasteiger partial charge in [-0.05, 0) is 12.3 Å². The van der Waals surface area contributed by atoms with Crippen LogP contribution in [0.2, 0.25) is 0 Å². The molecule has 0 saturated carbocycles. The van der Waals surface area contributed by atoms with Gasteiger partial charge in [-0.15, -0.1) is 0 Å². The van der Waals surface area contributed by atoms with Crippen molar-refractivity contribution in [2.45, 2.75) is 40.2 Å². The van der Waals surface area contributed by atoms with E-state index in [1.807, 2.05) is 20.8 Å². The maximum Gasteiger partial charge on any atom is 0.220 e. The maximum absolute atomic E-state index is 11.9. The second kappa shape index (κ2) is 4.11. The van der Waals surface area contributed by atoms with Crippen LogP contribution >= 0.6 is 0 Å². The SMILES string of the molecule is CC(=O)N1CC[C@@H](C)C1C(=O)C(C)C. The van der Waals surface area contributed by atoms with E-state index in [2.05, 4.69) is 0 Å². The molecule has 1 rings (SSSR count). The molecule has 0 aromatic rings. The van der Waals surface area contributed by atoms with Crippen LogP contribution in [0.15, 0.2) is 0 Å². The van der Waals surface area contributed by atoms with Crippen LogP contribution in [0.4, 0.5) is 0 Å². The van der Waals surface area contributed by atoms with Crippen LogP contribution in [0.5, 0.6) is 0 Å². The Morgan fingerprint density at radius 3 is 2.36 bits per heavy atom. The molecule has 0 spiro atoms. The van der Waals surface area contributed by atoms with E-state index >= 15 is 0 Å². The molecule has 0 bridgehead atoms. The van der Waals surface area contributed by atoms with Crippen LogP contribution in [-0.2, 0) is 9.59 Å². The zero-order valence-corrected chi connectivity index (χ0v) is 9.41. The smallest absolute Gasteiger partial charge is 0.220 e. The van der Waals surface area contributed by atoms with Gasteiger partial charge in [-0.25, -0.2) is 0 Å². The summed E-state index contributed by atoms with van der Waals surface area (Å²) in [6, 6.07) is -0.174. The molecule has 0 aromatic carbocycles. The molecule has 1 unspecified atom stereocenters. The molecule has 1 aliphatic rings. The molecule has 1 aliphatic heterocycles. The van der Waals surface area contributed by atoms with Gasteiger partial charge < -0.3 is 4.90 Å². The number of likely N-dealkylation sites (tertiary alicyclic amines) is 1. The minimum atomic E-state index is -0.174. The molecule has 2 atom stereocenters. The standard InChI is InChI=1S/C11H19NO2/c1-7(2)11(14)10-8(3)5-6-12(10)9(4)13/h7-8,10H,5-6H2,1-4H3/t8-,10?/m1/s1. The molecule has 1 saturated heterocycles. The maximum atomic E-state index is 11.9. The fourth-order valence-corrected chi connectivity index (χ4v) is 2.08. The van der Waals surface area contributed by atoms with E-state index in [9.17, 15) is 9.59 Å². The normalized spacial score (nSPS) is 27.1. The topological polar surface area (TPSA) is 37.4 Å². The highest BCUT2D eigenvalue weighted by Gasteiger charge is 2.38. The molecular weight excluding hydrogens is 178 g/mol. The van der Waals surface area contributed by atoms with Crippen molar-refractivity contribution in [3.63, 3.8) is 0 Å². The average Bonchev–Trinajstić information content (AvgIpc) is 2.45. The van der Waals surface area contributed by atoms with Gasteiger partial charge >= 0.3 is 0 Å². The summed E-state index contributed by atoms with van der Waals surface area (Å²) in [6.07, 6.45) is 0.947. The zero-order chi connectivity index (χ0) is 10.9. The van der Waals surface area contributed by atoms with E-state index < -0.39 is 0 Å². The molecule has 3 heteroatoms. The van der Waals surface area contributed by atoms with Crippen LogP contribution in [0, 0.1) is 11.8 Å². The van der Waals surface area contributed by atoms with Crippen molar-refractivity contribution in [3.05, 3.63) is 0 Å². The van der Waals surface area contributed by atoms with Crippen molar-refractivity contribution in [3.8, 4) is 0 Å². The van der Waals surface area contributed by atoms with Gasteiger partial charge in [0.15, 0.2) is 5.78 Å². The Labute approximate surface area is 85.5 Å². The lowest BCUT2D eigenvalue weighted by Gasteiger charge is -2.26. The summed E-state index contributed by atoms with van der Waals surface area (Å²) in [7, 11) is 0. The van der Waals surface area contributed by atoms with Crippen LogP contribution < -0.4 is 0 Å². The van der Waals surface area contributed by atoms with Crippen LogP contribution in [0.1, 0.15) is 34.1 Å². The van der Waals surface area contributed by atoms with E-state index in [-0.39, 0.29) is 23.7 Å². The lowest BCUT2D eigenvalue weighted by Crippen LogP contribution is -2.43. The predicted molar refractivity (Wildman–Crippen MR) is 54.8 cm³/mol. The summed E-state index contributed by atoms with van der Waals surface area (Å²) >= 11 is 0. The van der Waals surface area contributed by atoms with Crippen molar-refractivity contribution in [2.24, 2.45) is 11.8 Å². The van der Waals surface area contributed by atoms with Crippen molar-refractivity contribution < 1.29 is 9.59 Å². The summed E-state index contributed by atoms with van der Waals surface area (Å²) in [5, 5.41) is 0. The molecular formula is C11H19NO2. The van der Waals surface area contributed by atoms with Crippen molar-refractivity contribution in [1.29, 1.82) is 0 Å². The number of carbonyl (C=O) groups excluding carboxylic acids is 2. The lowest BCUT2D eigenvalue weighted by atomic mass is 9.93. The number of hydrogen-bond donors (Lipinski definition) is 0. The van der Waals surface area contributed by atoms with Gasteiger partial charge in [0.25, 0.3) is 0 Å². The number of hydrogen-bond acceptors (Lipinski definition) is 2. The Kier molecular flexibility index (Phi) is 3.29. The third kappa shape index (κ3) is 1.97. The van der Waals surface area contributed by atoms with E-state index in [1.54, 1.807) is 11.8 Å². The van der Waals surface area contributed by atoms with Gasteiger partial charge in [0.2, 0.25) is 5.91 Å². The van der Waals surface area contributed by atoms with Gasteiger partial charge in [-0.3, -0.25) is 9.59 Å². The van der Waals surface area contributed by atoms with Crippen molar-refractivity contribution in [1.82, 2.24) is 4.90 Å². The highest BCUT2D eigenvalue weighted by atomic mass is 16.2. The number of carbonyl (C=O) groups is 2. The highest BCUT2D eigenvalue weighted by molar-refractivity contribution is 5.90. The molecule has 80 valence electrons. The molecule has 0 N–H and O–H groups in total. The van der Waals surface area contributed by atoms with E-state index in [4.69, 9.17) is 0 Å². The summed E-state index contributed by atoms with van der Waals surface area (Å²) in [5.41, 5.74) is 0. The van der Waals surface area contributed by atoms with Gasteiger partial charge in [0.05, 0.1) is 6.04 Å². The zero-order valence-electron chi connectivity index (χ0n) is 9.41. The molecule has 14 heavy (non-hydrogen) atoms. The summed E-state index contributed by atoms with van der Waals surface area (Å²) in [4.78, 5) is 24.9. The number of amides is 1. The monoisotopic (exact) mass is 197 g/mol. The molecule has 0 radical (unpaired) electrons. The van der Waals surface area contributed by atoms with Gasteiger partial charge in [0.1, 0.15) is 0 Å². The first-order valence-corrected chi connectivity index (χ1v) is 5.26. The molecule has 0 aromatic heterocycles. The van der Waals surface area contributed by atoms with Crippen molar-refractivity contribution in [2.75, 3.05) is 6.54 Å². The van der Waals surface area contributed by atoms with E-state index in [0.29, 0.717) is 5.92 Å². The largest absolute Gasteiger partial charge is 0.333 e. The van der Waals surface area contributed by atoms with Crippen LogP contribution in [0.3, 0.4) is 0 Å². The highest BCUT2D eigenvalue weighted by Crippen LogP contribution is 2.26. The third-order valence-corrected chi connectivity index (χ3v) is 2.97. The first-order valence-electron chi connectivity index (χ1n) is 5.26. The Balaban J connectivity index is 2.81. The molecule has 3 nitrogen and oxygen atoms in total. The number of Topliss-reactive ketones (excluding diaryl/α,β-unsaturated/α-hetero) is 1. The van der Waals surface area contributed by atoms with Crippen LogP contribution in [-0.4, -0.2) is 29.2 Å². The minimum absolute atomic E-state index is 0.0161. The second-order valence-corrected chi connectivity index (χ2v) is 4.48. The summed E-state index contributed by atoms with van der Waals surface area (Å²) in [5.74, 6) is 0.551. The number of rotatable bonds is 2. The molecule has 1 amide bonds. The quantitative estimate of drug-likeness (QED) is 0.672.